The topological polar surface area (TPSA) is 53.5 Å². The second-order valence-corrected chi connectivity index (χ2v) is 7.61. The van der Waals surface area contributed by atoms with Gasteiger partial charge >= 0.3 is 0 Å². The van der Waals surface area contributed by atoms with Crippen LogP contribution in [-0.2, 0) is 4.79 Å². The quantitative estimate of drug-likeness (QED) is 0.602. The molecule has 0 atom stereocenters. The van der Waals surface area contributed by atoms with Crippen LogP contribution in [0.15, 0.2) is 54.6 Å². The Balaban J connectivity index is 1.32. The Bertz CT molecular complexity index is 1070. The number of carbonyl (C=O) groups is 2. The van der Waals surface area contributed by atoms with Crippen LogP contribution in [-0.4, -0.2) is 47.8 Å². The summed E-state index contributed by atoms with van der Waals surface area (Å²) in [6, 6.07) is 15.6. The highest BCUT2D eigenvalue weighted by Gasteiger charge is 2.23. The minimum absolute atomic E-state index is 0.0206. The highest BCUT2D eigenvalue weighted by Crippen LogP contribution is 2.23. The van der Waals surface area contributed by atoms with Gasteiger partial charge in [-0.25, -0.2) is 9.37 Å². The summed E-state index contributed by atoms with van der Waals surface area (Å²) in [5.74, 6) is 0.395. The molecule has 0 N–H and O–H groups in total. The van der Waals surface area contributed by atoms with Gasteiger partial charge in [-0.15, -0.1) is 0 Å². The number of aryl methyl sites for hydroxylation is 1. The monoisotopic (exact) mass is 405 g/mol. The number of para-hydroxylation sites is 1. The van der Waals surface area contributed by atoms with Crippen molar-refractivity contribution in [3.63, 3.8) is 0 Å². The first-order chi connectivity index (χ1) is 14.5. The lowest BCUT2D eigenvalue weighted by Crippen LogP contribution is -2.49. The van der Waals surface area contributed by atoms with Crippen molar-refractivity contribution in [2.75, 3.05) is 31.1 Å². The van der Waals surface area contributed by atoms with Crippen LogP contribution in [0.1, 0.15) is 28.8 Å². The summed E-state index contributed by atoms with van der Waals surface area (Å²) in [7, 11) is 0. The zero-order chi connectivity index (χ0) is 21.1. The number of rotatable bonds is 5. The summed E-state index contributed by atoms with van der Waals surface area (Å²) in [5.41, 5.74) is 2.60. The average molecular weight is 405 g/mol. The standard InChI is InChI=1S/C24H24FN3O2/c1-17-16-23(26-21-5-3-2-4-20(17)21)27-12-14-28(15-13-27)24(30)11-10-22(29)18-6-8-19(25)9-7-18/h2-9,16H,10-15H2,1H3. The van der Waals surface area contributed by atoms with Crippen LogP contribution in [0, 0.1) is 12.7 Å². The van der Waals surface area contributed by atoms with Crippen LogP contribution >= 0.6 is 0 Å². The van der Waals surface area contributed by atoms with Gasteiger partial charge in [-0.2, -0.15) is 0 Å². The van der Waals surface area contributed by atoms with Gasteiger partial charge in [0.25, 0.3) is 0 Å². The van der Waals surface area contributed by atoms with E-state index in [1.165, 1.54) is 29.8 Å². The molecule has 1 fully saturated rings. The smallest absolute Gasteiger partial charge is 0.223 e. The molecule has 0 bridgehead atoms. The first-order valence-corrected chi connectivity index (χ1v) is 10.2. The number of pyridine rings is 1. The maximum atomic E-state index is 13.0. The van der Waals surface area contributed by atoms with E-state index in [0.29, 0.717) is 31.7 Å². The Morgan fingerprint density at radius 2 is 1.67 bits per heavy atom. The molecule has 0 spiro atoms. The molecule has 0 unspecified atom stereocenters. The fourth-order valence-electron chi connectivity index (χ4n) is 3.84. The Morgan fingerprint density at radius 1 is 0.967 bits per heavy atom. The number of benzene rings is 2. The zero-order valence-electron chi connectivity index (χ0n) is 17.0. The van der Waals surface area contributed by atoms with Gasteiger partial charge in [0.2, 0.25) is 5.91 Å². The fourth-order valence-corrected chi connectivity index (χ4v) is 3.84. The van der Waals surface area contributed by atoms with Crippen LogP contribution in [0.4, 0.5) is 10.2 Å². The van der Waals surface area contributed by atoms with Gasteiger partial charge in [-0.1, -0.05) is 18.2 Å². The lowest BCUT2D eigenvalue weighted by molar-refractivity contribution is -0.131. The number of hydrogen-bond donors (Lipinski definition) is 0. The van der Waals surface area contributed by atoms with Crippen molar-refractivity contribution >= 4 is 28.4 Å². The van der Waals surface area contributed by atoms with Crippen molar-refractivity contribution in [3.8, 4) is 0 Å². The summed E-state index contributed by atoms with van der Waals surface area (Å²) in [5, 5.41) is 1.15. The van der Waals surface area contributed by atoms with Gasteiger partial charge < -0.3 is 9.80 Å². The van der Waals surface area contributed by atoms with Crippen molar-refractivity contribution < 1.29 is 14.0 Å². The second kappa shape index (κ2) is 8.61. The van der Waals surface area contributed by atoms with Crippen molar-refractivity contribution in [3.05, 3.63) is 71.5 Å². The molecule has 5 nitrogen and oxygen atoms in total. The molecule has 0 saturated carbocycles. The Morgan fingerprint density at radius 3 is 2.40 bits per heavy atom. The number of fused-ring (bicyclic) bond motifs is 1. The molecular weight excluding hydrogens is 381 g/mol. The van der Waals surface area contributed by atoms with Crippen LogP contribution in [0.25, 0.3) is 10.9 Å². The Kier molecular flexibility index (Phi) is 5.74. The number of ketones is 1. The summed E-state index contributed by atoms with van der Waals surface area (Å²) in [6.07, 6.45) is 0.305. The highest BCUT2D eigenvalue weighted by atomic mass is 19.1. The molecule has 1 aliphatic rings. The molecule has 4 rings (SSSR count). The van der Waals surface area contributed by atoms with Gasteiger partial charge in [0.1, 0.15) is 11.6 Å². The molecule has 1 aliphatic heterocycles. The first-order valence-electron chi connectivity index (χ1n) is 10.2. The first kappa shape index (κ1) is 20.0. The number of amides is 1. The largest absolute Gasteiger partial charge is 0.353 e. The van der Waals surface area contributed by atoms with Crippen LogP contribution in [0.2, 0.25) is 0 Å². The minimum atomic E-state index is -0.378. The number of piperazine rings is 1. The van der Waals surface area contributed by atoms with Crippen molar-refractivity contribution in [1.29, 1.82) is 0 Å². The Labute approximate surface area is 175 Å². The fraction of sp³-hybridized carbons (Fsp3) is 0.292. The van der Waals surface area contributed by atoms with Gasteiger partial charge in [-0.3, -0.25) is 9.59 Å². The summed E-state index contributed by atoms with van der Waals surface area (Å²) in [4.78, 5) is 33.5. The van der Waals surface area contributed by atoms with Crippen LogP contribution in [0.3, 0.4) is 0 Å². The predicted molar refractivity (Wildman–Crippen MR) is 115 cm³/mol. The maximum absolute atomic E-state index is 13.0. The summed E-state index contributed by atoms with van der Waals surface area (Å²) >= 11 is 0. The van der Waals surface area contributed by atoms with Gasteiger partial charge in [0.15, 0.2) is 5.78 Å². The van der Waals surface area contributed by atoms with Crippen molar-refractivity contribution in [1.82, 2.24) is 9.88 Å². The van der Waals surface area contributed by atoms with E-state index in [1.54, 1.807) is 0 Å². The van der Waals surface area contributed by atoms with E-state index in [4.69, 9.17) is 4.98 Å². The molecule has 3 aromatic rings. The molecule has 1 aromatic heterocycles. The number of hydrogen-bond acceptors (Lipinski definition) is 4. The number of carbonyl (C=O) groups excluding carboxylic acids is 2. The van der Waals surface area contributed by atoms with Crippen molar-refractivity contribution in [2.24, 2.45) is 0 Å². The SMILES string of the molecule is Cc1cc(N2CCN(C(=O)CCC(=O)c3ccc(F)cc3)CC2)nc2ccccc12. The zero-order valence-corrected chi connectivity index (χ0v) is 17.0. The molecule has 30 heavy (non-hydrogen) atoms. The number of anilines is 1. The van der Waals surface area contributed by atoms with Gasteiger partial charge in [0.05, 0.1) is 5.52 Å². The number of Topliss-reactive ketones (excluding diaryl/α,β-unsaturated/α-hetero) is 1. The average Bonchev–Trinajstić information content (AvgIpc) is 2.78. The molecular formula is C24H24FN3O2. The van der Waals surface area contributed by atoms with E-state index >= 15 is 0 Å². The summed E-state index contributed by atoms with van der Waals surface area (Å²) < 4.78 is 13.0. The number of aromatic nitrogens is 1. The van der Waals surface area contributed by atoms with Gasteiger partial charge in [-0.05, 0) is 48.9 Å². The van der Waals surface area contributed by atoms with E-state index in [1.807, 2.05) is 23.1 Å². The van der Waals surface area contributed by atoms with E-state index < -0.39 is 0 Å². The minimum Gasteiger partial charge on any atom is -0.353 e. The highest BCUT2D eigenvalue weighted by molar-refractivity contribution is 5.97. The maximum Gasteiger partial charge on any atom is 0.223 e. The third-order valence-corrected chi connectivity index (χ3v) is 5.60. The normalized spacial score (nSPS) is 14.2. The molecule has 0 aliphatic carbocycles. The molecule has 0 radical (unpaired) electrons. The third kappa shape index (κ3) is 4.32. The van der Waals surface area contributed by atoms with E-state index in [0.717, 1.165) is 16.7 Å². The van der Waals surface area contributed by atoms with E-state index in [9.17, 15) is 14.0 Å². The third-order valence-electron chi connectivity index (χ3n) is 5.60. The predicted octanol–water partition coefficient (Wildman–Crippen LogP) is 3.99. The lowest BCUT2D eigenvalue weighted by atomic mass is 10.1. The van der Waals surface area contributed by atoms with Crippen LogP contribution < -0.4 is 4.90 Å². The van der Waals surface area contributed by atoms with Crippen LogP contribution in [0.5, 0.6) is 0 Å². The number of halogens is 1. The molecule has 1 amide bonds. The summed E-state index contributed by atoms with van der Waals surface area (Å²) in [6.45, 7) is 4.73. The van der Waals surface area contributed by atoms with Gasteiger partial charge in [0, 0.05) is 50.0 Å². The van der Waals surface area contributed by atoms with Crippen molar-refractivity contribution in [2.45, 2.75) is 19.8 Å². The van der Waals surface area contributed by atoms with E-state index in [2.05, 4.69) is 24.0 Å². The lowest BCUT2D eigenvalue weighted by Gasteiger charge is -2.35. The Hall–Kier alpha value is -3.28. The molecule has 6 heteroatoms. The molecule has 2 heterocycles. The molecule has 2 aromatic carbocycles. The van der Waals surface area contributed by atoms with E-state index in [-0.39, 0.29) is 30.3 Å². The molecule has 154 valence electrons. The second-order valence-electron chi connectivity index (χ2n) is 7.61. The molecule has 1 saturated heterocycles. The number of nitrogens with zero attached hydrogens (tertiary/aromatic N) is 3.